The Balaban J connectivity index is 2.34. The van der Waals surface area contributed by atoms with Crippen LogP contribution in [-0.2, 0) is 9.05 Å². The minimum Gasteiger partial charge on any atom is -0.314 e. The lowest BCUT2D eigenvalue weighted by molar-refractivity contribution is -0.0889. The Labute approximate surface area is 119 Å². The van der Waals surface area contributed by atoms with E-state index in [2.05, 4.69) is 5.32 Å². The summed E-state index contributed by atoms with van der Waals surface area (Å²) in [4.78, 5) is 0.0113. The first-order chi connectivity index (χ1) is 9.17. The molecule has 1 unspecified atom stereocenters. The highest BCUT2D eigenvalue weighted by Crippen LogP contribution is 2.39. The number of nitrogens with zero attached hydrogens (tertiary/aromatic N) is 1. The molecule has 2 rings (SSSR count). The third-order valence-electron chi connectivity index (χ3n) is 3.54. The molecular formula is C11H14ClF3N2O2S. The highest BCUT2D eigenvalue weighted by molar-refractivity contribution is 8.14. The Kier molecular flexibility index (Phi) is 4.21. The second kappa shape index (κ2) is 5.32. The van der Waals surface area contributed by atoms with Crippen molar-refractivity contribution in [3.63, 3.8) is 0 Å². The summed E-state index contributed by atoms with van der Waals surface area (Å²) in [6.07, 6.45) is -2.04. The van der Waals surface area contributed by atoms with Crippen molar-refractivity contribution in [2.24, 2.45) is 0 Å². The molecule has 0 amide bonds. The highest BCUT2D eigenvalue weighted by atomic mass is 35.7. The van der Waals surface area contributed by atoms with Crippen LogP contribution in [0, 0.1) is 0 Å². The molecular weight excluding hydrogens is 317 g/mol. The molecule has 1 aliphatic carbocycles. The molecule has 2 aliphatic rings. The van der Waals surface area contributed by atoms with E-state index in [1.165, 1.54) is 0 Å². The molecule has 0 aromatic rings. The summed E-state index contributed by atoms with van der Waals surface area (Å²) >= 11 is 0. The van der Waals surface area contributed by atoms with E-state index in [1.54, 1.807) is 4.90 Å². The molecule has 114 valence electrons. The van der Waals surface area contributed by atoms with Gasteiger partial charge in [-0.1, -0.05) is 12.2 Å². The minimum atomic E-state index is -4.48. The van der Waals surface area contributed by atoms with Crippen LogP contribution in [0.25, 0.3) is 0 Å². The molecule has 1 atom stereocenters. The molecule has 0 saturated carbocycles. The van der Waals surface area contributed by atoms with Gasteiger partial charge >= 0.3 is 6.18 Å². The number of piperazine rings is 1. The average Bonchev–Trinajstić information content (AvgIpc) is 2.37. The number of halogens is 4. The summed E-state index contributed by atoms with van der Waals surface area (Å²) in [7, 11) is 1.43. The van der Waals surface area contributed by atoms with Gasteiger partial charge in [-0.3, -0.25) is 4.90 Å². The van der Waals surface area contributed by atoms with Crippen LogP contribution in [0.5, 0.6) is 0 Å². The van der Waals surface area contributed by atoms with Gasteiger partial charge in [0, 0.05) is 43.3 Å². The van der Waals surface area contributed by atoms with Crippen LogP contribution in [-0.4, -0.2) is 50.5 Å². The molecule has 1 N–H and O–H groups in total. The van der Waals surface area contributed by atoms with Gasteiger partial charge in [-0.2, -0.15) is 13.2 Å². The predicted octanol–water partition coefficient (Wildman–Crippen LogP) is 1.61. The van der Waals surface area contributed by atoms with Crippen molar-refractivity contribution >= 4 is 19.7 Å². The van der Waals surface area contributed by atoms with Crippen molar-refractivity contribution in [3.8, 4) is 0 Å². The highest BCUT2D eigenvalue weighted by Gasteiger charge is 2.48. The van der Waals surface area contributed by atoms with E-state index < -0.39 is 25.7 Å². The molecule has 1 heterocycles. The van der Waals surface area contributed by atoms with E-state index >= 15 is 0 Å². The maximum Gasteiger partial charge on any atom is 0.416 e. The van der Waals surface area contributed by atoms with Crippen LogP contribution >= 0.6 is 10.7 Å². The van der Waals surface area contributed by atoms with Crippen LogP contribution < -0.4 is 5.32 Å². The summed E-state index contributed by atoms with van der Waals surface area (Å²) in [6, 6.07) is 0. The van der Waals surface area contributed by atoms with E-state index in [9.17, 15) is 21.6 Å². The Hall–Kier alpha value is -0.570. The molecule has 0 aromatic heterocycles. The summed E-state index contributed by atoms with van der Waals surface area (Å²) in [5.41, 5.74) is -0.844. The topological polar surface area (TPSA) is 49.4 Å². The molecule has 1 aliphatic heterocycles. The van der Waals surface area contributed by atoms with Crippen LogP contribution in [0.2, 0.25) is 0 Å². The van der Waals surface area contributed by atoms with Crippen LogP contribution in [0.15, 0.2) is 23.8 Å². The Morgan fingerprint density at radius 2 is 1.90 bits per heavy atom. The second-order valence-corrected chi connectivity index (χ2v) is 7.52. The largest absolute Gasteiger partial charge is 0.416 e. The Morgan fingerprint density at radius 1 is 1.30 bits per heavy atom. The van der Waals surface area contributed by atoms with Gasteiger partial charge in [0.2, 0.25) is 0 Å². The summed E-state index contributed by atoms with van der Waals surface area (Å²) in [5, 5.41) is 3.06. The van der Waals surface area contributed by atoms with E-state index in [0.29, 0.717) is 26.2 Å². The van der Waals surface area contributed by atoms with Crippen molar-refractivity contribution in [2.45, 2.75) is 17.5 Å². The van der Waals surface area contributed by atoms with Gasteiger partial charge in [0.1, 0.15) is 0 Å². The number of rotatable bonds is 2. The zero-order valence-corrected chi connectivity index (χ0v) is 12.0. The maximum atomic E-state index is 12.6. The normalized spacial score (nSPS) is 29.3. The van der Waals surface area contributed by atoms with E-state index in [4.69, 9.17) is 10.7 Å². The van der Waals surface area contributed by atoms with E-state index in [-0.39, 0.29) is 6.42 Å². The molecule has 0 bridgehead atoms. The minimum absolute atomic E-state index is 0.301. The summed E-state index contributed by atoms with van der Waals surface area (Å²) in [6.45, 7) is 1.95. The SMILES string of the molecule is O=S(=O)(Cl)C1(N2CCNCC2)C=CC(C(F)(F)F)=CC1. The van der Waals surface area contributed by atoms with E-state index in [1.807, 2.05) is 0 Å². The molecule has 20 heavy (non-hydrogen) atoms. The van der Waals surface area contributed by atoms with E-state index in [0.717, 1.165) is 18.2 Å². The molecule has 0 radical (unpaired) electrons. The van der Waals surface area contributed by atoms with Crippen molar-refractivity contribution < 1.29 is 21.6 Å². The molecule has 0 aromatic carbocycles. The van der Waals surface area contributed by atoms with Crippen molar-refractivity contribution in [1.82, 2.24) is 10.2 Å². The van der Waals surface area contributed by atoms with Crippen LogP contribution in [0.1, 0.15) is 6.42 Å². The average molecular weight is 331 g/mol. The third kappa shape index (κ3) is 2.88. The van der Waals surface area contributed by atoms with Crippen LogP contribution in [0.4, 0.5) is 13.2 Å². The zero-order valence-electron chi connectivity index (χ0n) is 10.5. The smallest absolute Gasteiger partial charge is 0.314 e. The van der Waals surface area contributed by atoms with Gasteiger partial charge in [0.25, 0.3) is 9.05 Å². The van der Waals surface area contributed by atoms with Gasteiger partial charge in [-0.05, 0) is 6.08 Å². The first-order valence-corrected chi connectivity index (χ1v) is 8.34. The fraction of sp³-hybridized carbons (Fsp3) is 0.636. The summed E-state index contributed by atoms with van der Waals surface area (Å²) in [5.74, 6) is 0. The monoisotopic (exact) mass is 330 g/mol. The first-order valence-electron chi connectivity index (χ1n) is 6.03. The van der Waals surface area contributed by atoms with Crippen molar-refractivity contribution in [1.29, 1.82) is 0 Å². The lowest BCUT2D eigenvalue weighted by Crippen LogP contribution is -2.58. The van der Waals surface area contributed by atoms with Gasteiger partial charge in [0.15, 0.2) is 4.87 Å². The zero-order chi connectivity index (χ0) is 15.0. The number of hydrogen-bond acceptors (Lipinski definition) is 4. The molecule has 0 spiro atoms. The quantitative estimate of drug-likeness (QED) is 0.782. The predicted molar refractivity (Wildman–Crippen MR) is 69.8 cm³/mol. The molecule has 9 heteroatoms. The number of hydrogen-bond donors (Lipinski definition) is 1. The van der Waals surface area contributed by atoms with Crippen molar-refractivity contribution in [2.75, 3.05) is 26.2 Å². The maximum absolute atomic E-state index is 12.6. The Bertz CT molecular complexity index is 538. The fourth-order valence-corrected chi connectivity index (χ4v) is 4.08. The van der Waals surface area contributed by atoms with Gasteiger partial charge < -0.3 is 5.32 Å². The summed E-state index contributed by atoms with van der Waals surface area (Å²) < 4.78 is 61.6. The second-order valence-electron chi connectivity index (χ2n) is 4.71. The molecule has 1 saturated heterocycles. The fourth-order valence-electron chi connectivity index (χ4n) is 2.44. The van der Waals surface area contributed by atoms with Crippen molar-refractivity contribution in [3.05, 3.63) is 23.8 Å². The van der Waals surface area contributed by atoms with Crippen LogP contribution in [0.3, 0.4) is 0 Å². The Morgan fingerprint density at radius 3 is 2.30 bits per heavy atom. The number of nitrogens with one attached hydrogen (secondary N) is 1. The lowest BCUT2D eigenvalue weighted by atomic mass is 10.00. The van der Waals surface area contributed by atoms with Gasteiger partial charge in [-0.15, -0.1) is 0 Å². The standard InChI is InChI=1S/C11H14ClF3N2O2S/c12-20(18,19)10(17-7-5-16-6-8-17)3-1-9(2-4-10)11(13,14)15/h1-3,16H,4-8H2. The third-order valence-corrected chi connectivity index (χ3v) is 5.75. The number of allylic oxidation sites excluding steroid dienone is 2. The van der Waals surface area contributed by atoms with Gasteiger partial charge in [-0.25, -0.2) is 8.42 Å². The van der Waals surface area contributed by atoms with Gasteiger partial charge in [0.05, 0.1) is 5.57 Å². The number of alkyl halides is 3. The molecule has 1 fully saturated rings. The lowest BCUT2D eigenvalue weighted by Gasteiger charge is -2.42. The molecule has 4 nitrogen and oxygen atoms in total. The first kappa shape index (κ1) is 15.8.